The van der Waals surface area contributed by atoms with Gasteiger partial charge in [-0.3, -0.25) is 4.79 Å². The minimum Gasteiger partial charge on any atom is -0.548 e. The molecule has 2 rings (SSSR count). The molecule has 0 aliphatic carbocycles. The highest BCUT2D eigenvalue weighted by atomic mass is 32.2. The molecule has 1 heterocycles. The van der Waals surface area contributed by atoms with Crippen molar-refractivity contribution < 1.29 is 19.1 Å². The van der Waals surface area contributed by atoms with Crippen molar-refractivity contribution in [1.29, 1.82) is 0 Å². The lowest BCUT2D eigenvalue weighted by Gasteiger charge is -2.24. The van der Waals surface area contributed by atoms with Gasteiger partial charge in [0, 0.05) is 5.56 Å². The standard InChI is InChI=1S/C12H12FNO3S/c1-7-11(17)14(6-10(15)16)12(18-7)8-4-2-3-5-9(8)13/h2-5,7,12H,6H2,1H3,(H,15,16)/p-1/t7-,12+/m1/s1. The third-order valence-electron chi connectivity index (χ3n) is 2.72. The summed E-state index contributed by atoms with van der Waals surface area (Å²) in [4.78, 5) is 23.6. The van der Waals surface area contributed by atoms with Crippen molar-refractivity contribution in [2.24, 2.45) is 0 Å². The molecule has 1 aliphatic rings. The van der Waals surface area contributed by atoms with E-state index in [2.05, 4.69) is 0 Å². The molecule has 18 heavy (non-hydrogen) atoms. The third kappa shape index (κ3) is 2.33. The van der Waals surface area contributed by atoms with E-state index in [-0.39, 0.29) is 11.2 Å². The van der Waals surface area contributed by atoms with Crippen LogP contribution in [0.3, 0.4) is 0 Å². The highest BCUT2D eigenvalue weighted by Gasteiger charge is 2.39. The van der Waals surface area contributed by atoms with Crippen molar-refractivity contribution in [1.82, 2.24) is 4.90 Å². The number of nitrogens with zero attached hydrogens (tertiary/aromatic N) is 1. The molecule has 0 radical (unpaired) electrons. The summed E-state index contributed by atoms with van der Waals surface area (Å²) in [5.74, 6) is -2.10. The van der Waals surface area contributed by atoms with Gasteiger partial charge in [-0.25, -0.2) is 4.39 Å². The molecule has 0 spiro atoms. The van der Waals surface area contributed by atoms with Gasteiger partial charge < -0.3 is 14.8 Å². The second-order valence-corrected chi connectivity index (χ2v) is 5.42. The average molecular weight is 268 g/mol. The van der Waals surface area contributed by atoms with Crippen LogP contribution < -0.4 is 5.11 Å². The first-order valence-corrected chi connectivity index (χ1v) is 6.35. The van der Waals surface area contributed by atoms with Crippen LogP contribution in [-0.4, -0.2) is 28.6 Å². The van der Waals surface area contributed by atoms with Crippen LogP contribution in [0.2, 0.25) is 0 Å². The van der Waals surface area contributed by atoms with Crippen LogP contribution in [0.15, 0.2) is 24.3 Å². The minimum atomic E-state index is -1.35. The van der Waals surface area contributed by atoms with Gasteiger partial charge in [-0.05, 0) is 13.0 Å². The number of aliphatic carboxylic acids is 1. The van der Waals surface area contributed by atoms with E-state index in [0.29, 0.717) is 5.56 Å². The zero-order chi connectivity index (χ0) is 13.3. The number of carbonyl (C=O) groups is 2. The second-order valence-electron chi connectivity index (χ2n) is 3.99. The van der Waals surface area contributed by atoms with Crippen molar-refractivity contribution in [2.75, 3.05) is 6.54 Å². The molecular formula is C12H11FNO3S-. The van der Waals surface area contributed by atoms with Crippen LogP contribution in [0.1, 0.15) is 17.9 Å². The molecule has 96 valence electrons. The maximum absolute atomic E-state index is 13.7. The largest absolute Gasteiger partial charge is 0.548 e. The Kier molecular flexibility index (Phi) is 3.56. The molecular weight excluding hydrogens is 257 g/mol. The van der Waals surface area contributed by atoms with Crippen molar-refractivity contribution in [2.45, 2.75) is 17.5 Å². The predicted molar refractivity (Wildman–Crippen MR) is 62.9 cm³/mol. The Morgan fingerprint density at radius 1 is 1.50 bits per heavy atom. The van der Waals surface area contributed by atoms with Gasteiger partial charge >= 0.3 is 0 Å². The molecule has 0 unspecified atom stereocenters. The predicted octanol–water partition coefficient (Wildman–Crippen LogP) is 0.538. The molecule has 6 heteroatoms. The van der Waals surface area contributed by atoms with E-state index in [1.165, 1.54) is 17.8 Å². The van der Waals surface area contributed by atoms with Crippen molar-refractivity contribution >= 4 is 23.6 Å². The van der Waals surface area contributed by atoms with E-state index in [1.807, 2.05) is 0 Å². The van der Waals surface area contributed by atoms with Crippen molar-refractivity contribution in [3.05, 3.63) is 35.6 Å². The summed E-state index contributed by atoms with van der Waals surface area (Å²) >= 11 is 1.24. The van der Waals surface area contributed by atoms with Gasteiger partial charge in [0.15, 0.2) is 0 Å². The summed E-state index contributed by atoms with van der Waals surface area (Å²) in [6.07, 6.45) is 0. The van der Waals surface area contributed by atoms with Crippen LogP contribution >= 0.6 is 11.8 Å². The minimum absolute atomic E-state index is 0.308. The van der Waals surface area contributed by atoms with Gasteiger partial charge in [-0.15, -0.1) is 11.8 Å². The smallest absolute Gasteiger partial charge is 0.237 e. The number of hydrogen-bond donors (Lipinski definition) is 0. The zero-order valence-corrected chi connectivity index (χ0v) is 10.4. The Morgan fingerprint density at radius 3 is 2.78 bits per heavy atom. The van der Waals surface area contributed by atoms with Crippen molar-refractivity contribution in [3.8, 4) is 0 Å². The second kappa shape index (κ2) is 4.97. The number of halogens is 1. The van der Waals surface area contributed by atoms with Gasteiger partial charge in [0.1, 0.15) is 11.2 Å². The molecule has 0 N–H and O–H groups in total. The van der Waals surface area contributed by atoms with E-state index >= 15 is 0 Å². The van der Waals surface area contributed by atoms with Gasteiger partial charge in [0.2, 0.25) is 5.91 Å². The Balaban J connectivity index is 2.34. The molecule has 2 atom stereocenters. The van der Waals surface area contributed by atoms with Crippen molar-refractivity contribution in [3.63, 3.8) is 0 Å². The molecule has 4 nitrogen and oxygen atoms in total. The van der Waals surface area contributed by atoms with E-state index in [0.717, 1.165) is 4.90 Å². The molecule has 1 fully saturated rings. The maximum atomic E-state index is 13.7. The van der Waals surface area contributed by atoms with E-state index in [9.17, 15) is 19.1 Å². The summed E-state index contributed by atoms with van der Waals surface area (Å²) in [5.41, 5.74) is 0.321. The quantitative estimate of drug-likeness (QED) is 0.802. The van der Waals surface area contributed by atoms with E-state index in [4.69, 9.17) is 0 Å². The highest BCUT2D eigenvalue weighted by Crippen LogP contribution is 2.43. The summed E-state index contributed by atoms with van der Waals surface area (Å²) in [6, 6.07) is 6.05. The molecule has 1 aromatic carbocycles. The Labute approximate surface area is 108 Å². The Morgan fingerprint density at radius 2 is 2.17 bits per heavy atom. The number of amides is 1. The topological polar surface area (TPSA) is 60.4 Å². The molecule has 1 aliphatic heterocycles. The lowest BCUT2D eigenvalue weighted by molar-refractivity contribution is -0.306. The summed E-state index contributed by atoms with van der Waals surface area (Å²) in [6.45, 7) is 1.16. The number of rotatable bonds is 3. The van der Waals surface area contributed by atoms with Gasteiger partial charge in [-0.2, -0.15) is 0 Å². The Hall–Kier alpha value is -1.56. The fraction of sp³-hybridized carbons (Fsp3) is 0.333. The highest BCUT2D eigenvalue weighted by molar-refractivity contribution is 8.01. The van der Waals surface area contributed by atoms with Crippen LogP contribution in [0.5, 0.6) is 0 Å². The first-order chi connectivity index (χ1) is 8.50. The molecule has 0 saturated carbocycles. The van der Waals surface area contributed by atoms with Gasteiger partial charge in [-0.1, -0.05) is 18.2 Å². The fourth-order valence-electron chi connectivity index (χ4n) is 1.89. The number of benzene rings is 1. The van der Waals surface area contributed by atoms with E-state index < -0.39 is 23.7 Å². The fourth-order valence-corrected chi connectivity index (χ4v) is 3.19. The molecule has 1 saturated heterocycles. The lowest BCUT2D eigenvalue weighted by Crippen LogP contribution is -2.41. The maximum Gasteiger partial charge on any atom is 0.237 e. The van der Waals surface area contributed by atoms with Crippen LogP contribution in [0.4, 0.5) is 4.39 Å². The summed E-state index contributed by atoms with van der Waals surface area (Å²) in [7, 11) is 0. The normalized spacial score (nSPS) is 23.4. The Bertz CT molecular complexity index is 494. The van der Waals surface area contributed by atoms with Crippen LogP contribution in [0, 0.1) is 5.82 Å². The first-order valence-electron chi connectivity index (χ1n) is 5.41. The number of carboxylic acids is 1. The number of carbonyl (C=O) groups excluding carboxylic acids is 2. The first kappa shape index (κ1) is 12.9. The van der Waals surface area contributed by atoms with Gasteiger partial charge in [0.25, 0.3) is 0 Å². The molecule has 0 aromatic heterocycles. The third-order valence-corrected chi connectivity index (χ3v) is 4.09. The molecule has 1 aromatic rings. The number of hydrogen-bond acceptors (Lipinski definition) is 4. The molecule has 0 bridgehead atoms. The monoisotopic (exact) mass is 268 g/mol. The van der Waals surface area contributed by atoms with Gasteiger partial charge in [0.05, 0.1) is 17.8 Å². The number of thioether (sulfide) groups is 1. The lowest BCUT2D eigenvalue weighted by atomic mass is 10.2. The average Bonchev–Trinajstić information content (AvgIpc) is 2.57. The SMILES string of the molecule is C[C@H]1S[C@@H](c2ccccc2F)N(CC(=O)[O-])C1=O. The number of carboxylic acid groups (broad SMARTS) is 1. The summed E-state index contributed by atoms with van der Waals surface area (Å²) in [5, 5.41) is 9.68. The summed E-state index contributed by atoms with van der Waals surface area (Å²) < 4.78 is 13.7. The van der Waals surface area contributed by atoms with Crippen LogP contribution in [-0.2, 0) is 9.59 Å². The zero-order valence-electron chi connectivity index (χ0n) is 9.63. The van der Waals surface area contributed by atoms with Crippen LogP contribution in [0.25, 0.3) is 0 Å². The molecule has 1 amide bonds. The van der Waals surface area contributed by atoms with E-state index in [1.54, 1.807) is 25.1 Å².